The molecule has 1 aliphatic carbocycles. The van der Waals surface area contributed by atoms with Crippen molar-refractivity contribution in [1.82, 2.24) is 0 Å². The van der Waals surface area contributed by atoms with Crippen molar-refractivity contribution in [3.05, 3.63) is 53.6 Å². The number of hydrogen-bond donors (Lipinski definition) is 2. The number of anilines is 1. The van der Waals surface area contributed by atoms with Gasteiger partial charge in [0.25, 0.3) is 5.91 Å². The second kappa shape index (κ2) is 6.47. The minimum absolute atomic E-state index is 0.159. The van der Waals surface area contributed by atoms with E-state index in [0.29, 0.717) is 22.7 Å². The van der Waals surface area contributed by atoms with Crippen molar-refractivity contribution in [3.63, 3.8) is 0 Å². The Morgan fingerprint density at radius 2 is 1.72 bits per heavy atom. The molecule has 130 valence electrons. The van der Waals surface area contributed by atoms with Crippen molar-refractivity contribution in [2.24, 2.45) is 5.73 Å². The van der Waals surface area contributed by atoms with Gasteiger partial charge in [-0.15, -0.1) is 0 Å². The molecule has 2 amide bonds. The highest BCUT2D eigenvalue weighted by molar-refractivity contribution is 6.06. The average Bonchev–Trinajstić information content (AvgIpc) is 3.43. The number of methoxy groups -OCH3 is 2. The minimum atomic E-state index is -0.621. The van der Waals surface area contributed by atoms with Crippen LogP contribution in [0, 0.1) is 0 Å². The molecule has 2 aromatic carbocycles. The molecule has 2 aromatic rings. The summed E-state index contributed by atoms with van der Waals surface area (Å²) >= 11 is 0. The van der Waals surface area contributed by atoms with Crippen LogP contribution in [0.25, 0.3) is 0 Å². The Bertz CT molecular complexity index is 828. The van der Waals surface area contributed by atoms with Gasteiger partial charge in [0.1, 0.15) is 0 Å². The smallest absolute Gasteiger partial charge is 0.250 e. The quantitative estimate of drug-likeness (QED) is 0.845. The number of carbonyl (C=O) groups excluding carboxylic acids is 2. The summed E-state index contributed by atoms with van der Waals surface area (Å²) in [5.74, 6) is 0.457. The van der Waals surface area contributed by atoms with Crippen LogP contribution in [0.3, 0.4) is 0 Å². The molecule has 3 rings (SSSR count). The summed E-state index contributed by atoms with van der Waals surface area (Å²) < 4.78 is 10.6. The highest BCUT2D eigenvalue weighted by Crippen LogP contribution is 2.50. The molecular formula is C19H20N2O4. The summed E-state index contributed by atoms with van der Waals surface area (Å²) in [5, 5.41) is 2.85. The predicted octanol–water partition coefficient (Wildman–Crippen LogP) is 2.47. The fourth-order valence-corrected chi connectivity index (χ4v) is 2.95. The number of nitrogens with two attached hydrogens (primary N) is 1. The van der Waals surface area contributed by atoms with Gasteiger partial charge >= 0.3 is 0 Å². The van der Waals surface area contributed by atoms with Gasteiger partial charge in [0, 0.05) is 0 Å². The molecule has 0 atom stereocenters. The van der Waals surface area contributed by atoms with Crippen molar-refractivity contribution in [3.8, 4) is 11.5 Å². The third-order valence-electron chi connectivity index (χ3n) is 4.56. The fourth-order valence-electron chi connectivity index (χ4n) is 2.95. The summed E-state index contributed by atoms with van der Waals surface area (Å²) in [7, 11) is 3.13. The van der Waals surface area contributed by atoms with Crippen LogP contribution in [0.15, 0.2) is 42.5 Å². The monoisotopic (exact) mass is 340 g/mol. The molecule has 1 aliphatic rings. The Hall–Kier alpha value is -3.02. The van der Waals surface area contributed by atoms with Gasteiger partial charge in [-0.3, -0.25) is 9.59 Å². The Kier molecular flexibility index (Phi) is 4.35. The van der Waals surface area contributed by atoms with E-state index in [1.807, 2.05) is 12.1 Å². The molecule has 1 saturated carbocycles. The van der Waals surface area contributed by atoms with Crippen LogP contribution in [-0.2, 0) is 10.2 Å². The van der Waals surface area contributed by atoms with Crippen LogP contribution < -0.4 is 20.5 Å². The second-order valence-corrected chi connectivity index (χ2v) is 6.02. The Labute approximate surface area is 145 Å². The van der Waals surface area contributed by atoms with Crippen LogP contribution in [0.1, 0.15) is 28.8 Å². The van der Waals surface area contributed by atoms with Crippen LogP contribution in [0.4, 0.5) is 5.69 Å². The van der Waals surface area contributed by atoms with E-state index in [9.17, 15) is 9.59 Å². The molecule has 0 bridgehead atoms. The van der Waals surface area contributed by atoms with E-state index in [4.69, 9.17) is 15.2 Å². The molecule has 6 heteroatoms. The number of primary amides is 1. The topological polar surface area (TPSA) is 90.6 Å². The molecule has 25 heavy (non-hydrogen) atoms. The second-order valence-electron chi connectivity index (χ2n) is 6.02. The van der Waals surface area contributed by atoms with Crippen LogP contribution in [0.5, 0.6) is 11.5 Å². The minimum Gasteiger partial charge on any atom is -0.493 e. The van der Waals surface area contributed by atoms with Crippen LogP contribution in [0.2, 0.25) is 0 Å². The van der Waals surface area contributed by atoms with Crippen molar-refractivity contribution >= 4 is 17.5 Å². The largest absolute Gasteiger partial charge is 0.493 e. The number of nitrogens with one attached hydrogen (secondary N) is 1. The molecule has 6 nitrogen and oxygen atoms in total. The van der Waals surface area contributed by atoms with E-state index in [1.54, 1.807) is 44.6 Å². The lowest BCUT2D eigenvalue weighted by Gasteiger charge is -2.18. The number of hydrogen-bond acceptors (Lipinski definition) is 4. The maximum absolute atomic E-state index is 12.9. The molecular weight excluding hydrogens is 320 g/mol. The number of rotatable bonds is 6. The van der Waals surface area contributed by atoms with Gasteiger partial charge in [-0.1, -0.05) is 18.2 Å². The van der Waals surface area contributed by atoms with Crippen molar-refractivity contribution in [2.75, 3.05) is 19.5 Å². The number of para-hydroxylation sites is 1. The summed E-state index contributed by atoms with van der Waals surface area (Å²) in [5.41, 5.74) is 6.33. The molecule has 0 aromatic heterocycles. The third kappa shape index (κ3) is 3.03. The first-order chi connectivity index (χ1) is 12.0. The van der Waals surface area contributed by atoms with E-state index in [-0.39, 0.29) is 5.91 Å². The van der Waals surface area contributed by atoms with Crippen molar-refractivity contribution in [2.45, 2.75) is 18.3 Å². The zero-order valence-corrected chi connectivity index (χ0v) is 14.2. The van der Waals surface area contributed by atoms with Gasteiger partial charge in [-0.05, 0) is 42.7 Å². The number of amides is 2. The highest BCUT2D eigenvalue weighted by atomic mass is 16.5. The first kappa shape index (κ1) is 16.8. The summed E-state index contributed by atoms with van der Waals surface area (Å²) in [6.45, 7) is 0. The first-order valence-corrected chi connectivity index (χ1v) is 7.94. The normalized spacial score (nSPS) is 14.5. The van der Waals surface area contributed by atoms with Gasteiger partial charge in [0.2, 0.25) is 5.91 Å². The van der Waals surface area contributed by atoms with Gasteiger partial charge in [0.05, 0.1) is 30.9 Å². The Morgan fingerprint density at radius 1 is 1.04 bits per heavy atom. The van der Waals surface area contributed by atoms with E-state index in [2.05, 4.69) is 5.32 Å². The first-order valence-electron chi connectivity index (χ1n) is 7.94. The molecule has 0 saturated heterocycles. The van der Waals surface area contributed by atoms with Crippen molar-refractivity contribution in [1.29, 1.82) is 0 Å². The van der Waals surface area contributed by atoms with Crippen molar-refractivity contribution < 1.29 is 19.1 Å². The number of carbonyl (C=O) groups is 2. The standard InChI is InChI=1S/C19H20N2O4/c1-24-15-8-7-12(11-16(15)25-2)19(9-10-19)18(23)21-14-6-4-3-5-13(14)17(20)22/h3-8,11H,9-10H2,1-2H3,(H2,20,22)(H,21,23). The zero-order chi connectivity index (χ0) is 18.0. The molecule has 0 heterocycles. The SMILES string of the molecule is COc1ccc(C2(C(=O)Nc3ccccc3C(N)=O)CC2)cc1OC. The molecule has 3 N–H and O–H groups in total. The van der Waals surface area contributed by atoms with Crippen LogP contribution >= 0.6 is 0 Å². The number of benzene rings is 2. The molecule has 1 fully saturated rings. The lowest BCUT2D eigenvalue weighted by atomic mass is 9.94. The lowest BCUT2D eigenvalue weighted by molar-refractivity contribution is -0.118. The fraction of sp³-hybridized carbons (Fsp3) is 0.263. The molecule has 0 spiro atoms. The van der Waals surface area contributed by atoms with E-state index in [1.165, 1.54) is 0 Å². The highest BCUT2D eigenvalue weighted by Gasteiger charge is 2.51. The van der Waals surface area contributed by atoms with E-state index >= 15 is 0 Å². The summed E-state index contributed by atoms with van der Waals surface area (Å²) in [6.07, 6.45) is 1.46. The van der Waals surface area contributed by atoms with E-state index < -0.39 is 11.3 Å². The molecule has 0 radical (unpaired) electrons. The average molecular weight is 340 g/mol. The van der Waals surface area contributed by atoms with Gasteiger partial charge < -0.3 is 20.5 Å². The Balaban J connectivity index is 1.89. The molecule has 0 aliphatic heterocycles. The third-order valence-corrected chi connectivity index (χ3v) is 4.56. The van der Waals surface area contributed by atoms with Crippen LogP contribution in [-0.4, -0.2) is 26.0 Å². The zero-order valence-electron chi connectivity index (χ0n) is 14.2. The Morgan fingerprint density at radius 3 is 2.32 bits per heavy atom. The summed E-state index contributed by atoms with van der Waals surface area (Å²) in [6, 6.07) is 12.2. The summed E-state index contributed by atoms with van der Waals surface area (Å²) in [4.78, 5) is 24.4. The molecule has 0 unspecified atom stereocenters. The maximum Gasteiger partial charge on any atom is 0.250 e. The lowest BCUT2D eigenvalue weighted by Crippen LogP contribution is -2.29. The van der Waals surface area contributed by atoms with Gasteiger partial charge in [0.15, 0.2) is 11.5 Å². The maximum atomic E-state index is 12.9. The van der Waals surface area contributed by atoms with Gasteiger partial charge in [-0.25, -0.2) is 0 Å². The van der Waals surface area contributed by atoms with Gasteiger partial charge in [-0.2, -0.15) is 0 Å². The van der Waals surface area contributed by atoms with E-state index in [0.717, 1.165) is 18.4 Å². The predicted molar refractivity (Wildman–Crippen MR) is 94.0 cm³/mol. The number of ether oxygens (including phenoxy) is 2.